The fourth-order valence-electron chi connectivity index (χ4n) is 1.96. The van der Waals surface area contributed by atoms with Crippen LogP contribution in [-0.2, 0) is 15.8 Å². The van der Waals surface area contributed by atoms with E-state index in [2.05, 4.69) is 10.6 Å². The first-order chi connectivity index (χ1) is 10.2. The van der Waals surface area contributed by atoms with Gasteiger partial charge in [0.1, 0.15) is 6.54 Å². The quantitative estimate of drug-likeness (QED) is 0.830. The normalized spacial score (nSPS) is 15.0. The summed E-state index contributed by atoms with van der Waals surface area (Å²) in [7, 11) is 0. The molecule has 1 aromatic rings. The summed E-state index contributed by atoms with van der Waals surface area (Å²) in [6, 6.07) is 2.64. The van der Waals surface area contributed by atoms with Crippen LogP contribution in [0.4, 0.5) is 23.7 Å². The van der Waals surface area contributed by atoms with E-state index in [-0.39, 0.29) is 17.8 Å². The van der Waals surface area contributed by atoms with Gasteiger partial charge in [0.2, 0.25) is 5.91 Å². The van der Waals surface area contributed by atoms with Crippen LogP contribution in [0.1, 0.15) is 11.1 Å². The van der Waals surface area contributed by atoms with Gasteiger partial charge in [0.25, 0.3) is 5.91 Å². The van der Waals surface area contributed by atoms with Gasteiger partial charge in [-0.3, -0.25) is 14.5 Å². The number of urea groups is 1. The van der Waals surface area contributed by atoms with Crippen LogP contribution in [0.25, 0.3) is 0 Å². The number of nitrogens with zero attached hydrogens (tertiary/aromatic N) is 1. The minimum Gasteiger partial charge on any atom is -0.329 e. The molecule has 1 aliphatic rings. The molecule has 0 radical (unpaired) electrons. The lowest BCUT2D eigenvalue weighted by Crippen LogP contribution is -2.38. The van der Waals surface area contributed by atoms with Gasteiger partial charge in [-0.05, 0) is 24.6 Å². The minimum atomic E-state index is -4.53. The van der Waals surface area contributed by atoms with Crippen LogP contribution >= 0.6 is 0 Å². The van der Waals surface area contributed by atoms with Gasteiger partial charge in [-0.2, -0.15) is 13.2 Å². The van der Waals surface area contributed by atoms with Crippen LogP contribution < -0.4 is 10.6 Å². The van der Waals surface area contributed by atoms with Crippen molar-refractivity contribution in [2.75, 3.05) is 18.4 Å². The molecular weight excluding hydrogens is 303 g/mol. The molecule has 2 rings (SSSR count). The van der Waals surface area contributed by atoms with Gasteiger partial charge in [0.15, 0.2) is 0 Å². The molecule has 6 nitrogen and oxygen atoms in total. The Hall–Kier alpha value is -2.58. The zero-order valence-corrected chi connectivity index (χ0v) is 11.5. The van der Waals surface area contributed by atoms with E-state index in [9.17, 15) is 27.6 Å². The van der Waals surface area contributed by atoms with Crippen molar-refractivity contribution in [3.63, 3.8) is 0 Å². The molecule has 0 aliphatic carbocycles. The fourth-order valence-corrected chi connectivity index (χ4v) is 1.96. The molecular formula is C13H12F3N3O3. The summed E-state index contributed by atoms with van der Waals surface area (Å²) < 4.78 is 38.3. The van der Waals surface area contributed by atoms with Crippen molar-refractivity contribution in [1.82, 2.24) is 10.2 Å². The third-order valence-corrected chi connectivity index (χ3v) is 3.07. The van der Waals surface area contributed by atoms with Crippen molar-refractivity contribution >= 4 is 23.5 Å². The van der Waals surface area contributed by atoms with Crippen molar-refractivity contribution < 1.29 is 27.6 Å². The molecule has 0 spiro atoms. The zero-order valence-electron chi connectivity index (χ0n) is 11.5. The van der Waals surface area contributed by atoms with Crippen LogP contribution in [0.5, 0.6) is 0 Å². The Morgan fingerprint density at radius 2 is 2.05 bits per heavy atom. The number of benzene rings is 1. The van der Waals surface area contributed by atoms with E-state index in [1.165, 1.54) is 19.1 Å². The standard InChI is InChI=1S/C13H12F3N3O3/c1-7-2-3-8(4-9(7)13(14,15)16)18-10(20)6-19-11(21)5-17-12(19)22/h2-4H,5-6H2,1H3,(H,17,22)(H,18,20). The highest BCUT2D eigenvalue weighted by Crippen LogP contribution is 2.33. The fraction of sp³-hybridized carbons (Fsp3) is 0.308. The molecule has 118 valence electrons. The number of amides is 4. The largest absolute Gasteiger partial charge is 0.416 e. The average Bonchev–Trinajstić information content (AvgIpc) is 2.71. The number of carbonyl (C=O) groups is 3. The van der Waals surface area contributed by atoms with E-state index in [0.29, 0.717) is 4.90 Å². The average molecular weight is 315 g/mol. The maximum Gasteiger partial charge on any atom is 0.416 e. The first kappa shape index (κ1) is 15.8. The number of imide groups is 1. The van der Waals surface area contributed by atoms with Gasteiger partial charge < -0.3 is 10.6 Å². The highest BCUT2D eigenvalue weighted by Gasteiger charge is 2.33. The summed E-state index contributed by atoms with van der Waals surface area (Å²) in [6.45, 7) is 0.552. The van der Waals surface area contributed by atoms with E-state index < -0.39 is 36.1 Å². The zero-order chi connectivity index (χ0) is 16.5. The van der Waals surface area contributed by atoms with Crippen molar-refractivity contribution in [1.29, 1.82) is 0 Å². The number of rotatable bonds is 3. The van der Waals surface area contributed by atoms with Crippen LogP contribution in [0, 0.1) is 6.92 Å². The van der Waals surface area contributed by atoms with Crippen molar-refractivity contribution in [2.45, 2.75) is 13.1 Å². The number of anilines is 1. The van der Waals surface area contributed by atoms with Gasteiger partial charge in [-0.15, -0.1) is 0 Å². The minimum absolute atomic E-state index is 0.0274. The van der Waals surface area contributed by atoms with E-state index in [1.54, 1.807) is 0 Å². The molecule has 4 amide bonds. The van der Waals surface area contributed by atoms with Crippen molar-refractivity contribution in [2.24, 2.45) is 0 Å². The van der Waals surface area contributed by atoms with Crippen LogP contribution in [-0.4, -0.2) is 35.8 Å². The molecule has 1 aromatic carbocycles. The van der Waals surface area contributed by atoms with Gasteiger partial charge in [-0.25, -0.2) is 4.79 Å². The molecule has 1 fully saturated rings. The SMILES string of the molecule is Cc1ccc(NC(=O)CN2C(=O)CNC2=O)cc1C(F)(F)F. The summed E-state index contributed by atoms with van der Waals surface area (Å²) in [5.74, 6) is -1.33. The molecule has 22 heavy (non-hydrogen) atoms. The monoisotopic (exact) mass is 315 g/mol. The summed E-state index contributed by atoms with van der Waals surface area (Å²) in [5.41, 5.74) is -0.894. The second-order valence-corrected chi connectivity index (χ2v) is 4.71. The smallest absolute Gasteiger partial charge is 0.329 e. The van der Waals surface area contributed by atoms with Crippen LogP contribution in [0.2, 0.25) is 0 Å². The summed E-state index contributed by atoms with van der Waals surface area (Å²) in [6.07, 6.45) is -4.53. The maximum atomic E-state index is 12.8. The second-order valence-electron chi connectivity index (χ2n) is 4.71. The second kappa shape index (κ2) is 5.66. The molecule has 1 saturated heterocycles. The number of alkyl halides is 3. The summed E-state index contributed by atoms with van der Waals surface area (Å²) in [4.78, 5) is 35.0. The van der Waals surface area contributed by atoms with Gasteiger partial charge in [-0.1, -0.05) is 6.07 Å². The molecule has 0 saturated carbocycles. The Kier molecular flexibility index (Phi) is 4.07. The van der Waals surface area contributed by atoms with E-state index in [0.717, 1.165) is 6.07 Å². The number of hydrogen-bond acceptors (Lipinski definition) is 3. The Bertz CT molecular complexity index is 627. The van der Waals surface area contributed by atoms with Gasteiger partial charge in [0.05, 0.1) is 12.1 Å². The van der Waals surface area contributed by atoms with Crippen molar-refractivity contribution in [3.8, 4) is 0 Å². The maximum absolute atomic E-state index is 12.8. The number of halogens is 3. The molecule has 1 heterocycles. The number of carbonyl (C=O) groups excluding carboxylic acids is 3. The Balaban J connectivity index is 2.09. The first-order valence-electron chi connectivity index (χ1n) is 6.24. The van der Waals surface area contributed by atoms with Gasteiger partial charge in [0, 0.05) is 5.69 Å². The lowest BCUT2D eigenvalue weighted by Gasteiger charge is -2.14. The van der Waals surface area contributed by atoms with E-state index >= 15 is 0 Å². The predicted molar refractivity (Wildman–Crippen MR) is 69.9 cm³/mol. The summed E-state index contributed by atoms with van der Waals surface area (Å²) >= 11 is 0. The van der Waals surface area contributed by atoms with Crippen LogP contribution in [0.15, 0.2) is 18.2 Å². The first-order valence-corrected chi connectivity index (χ1v) is 6.24. The number of aryl methyl sites for hydroxylation is 1. The highest BCUT2D eigenvalue weighted by molar-refractivity contribution is 6.06. The van der Waals surface area contributed by atoms with Crippen molar-refractivity contribution in [3.05, 3.63) is 29.3 Å². The third kappa shape index (κ3) is 3.35. The Labute approximate surface area is 123 Å². The molecule has 0 bridgehead atoms. The molecule has 1 aliphatic heterocycles. The molecule has 0 unspecified atom stereocenters. The third-order valence-electron chi connectivity index (χ3n) is 3.07. The van der Waals surface area contributed by atoms with Crippen LogP contribution in [0.3, 0.4) is 0 Å². The topological polar surface area (TPSA) is 78.5 Å². The molecule has 9 heteroatoms. The summed E-state index contributed by atoms with van der Waals surface area (Å²) in [5, 5.41) is 4.47. The molecule has 0 atom stereocenters. The molecule has 2 N–H and O–H groups in total. The van der Waals surface area contributed by atoms with E-state index in [1.807, 2.05) is 0 Å². The highest BCUT2D eigenvalue weighted by atomic mass is 19.4. The number of nitrogens with one attached hydrogen (secondary N) is 2. The van der Waals surface area contributed by atoms with E-state index in [4.69, 9.17) is 0 Å². The lowest BCUT2D eigenvalue weighted by molar-refractivity contribution is -0.138. The Morgan fingerprint density at radius 1 is 1.36 bits per heavy atom. The van der Waals surface area contributed by atoms with Gasteiger partial charge >= 0.3 is 12.2 Å². The number of hydrogen-bond donors (Lipinski definition) is 2. The molecule has 0 aromatic heterocycles. The lowest BCUT2D eigenvalue weighted by atomic mass is 10.1. The predicted octanol–water partition coefficient (Wildman–Crippen LogP) is 1.50. The Morgan fingerprint density at radius 3 is 2.59 bits per heavy atom.